The van der Waals surface area contributed by atoms with Crippen LogP contribution in [0.15, 0.2) is 221 Å². The van der Waals surface area contributed by atoms with Gasteiger partial charge in [-0.1, -0.05) is 203 Å². The molecule has 11 aromatic carbocycles. The van der Waals surface area contributed by atoms with Crippen molar-refractivity contribution < 1.29 is 9.47 Å². The standard InChI is InChI=1S/C26H30NO2P.C22H18.2C11H9Br/c1-18-27(19-12-8-7-9-13-19)21-15-10-14-20(25(21)30(18)26(2,3)4)24-22(28-5)16-11-17-23(24)29-6;1-15-11-13-17-7-3-5-9-19(17)21(15)22-16(2)12-14-18-8-4-6-10-20(18)22;2*1-8-6-7-9-4-2-3-5-10(9)11(8)12/h7-18H,1-6H3;3-14H,1-2H3;2*2-7H,1H3/t18-,30-;;;/m0.../s1. The molecule has 1 heterocycles. The minimum atomic E-state index is -0.491. The molecule has 0 saturated carbocycles. The van der Waals surface area contributed by atoms with E-state index in [4.69, 9.17) is 9.47 Å². The maximum Gasteiger partial charge on any atom is 0.130 e. The third-order valence-corrected chi connectivity index (χ3v) is 19.8. The Bertz CT molecular complexity index is 3660. The van der Waals surface area contributed by atoms with Crippen molar-refractivity contribution >= 4 is 99.6 Å². The summed E-state index contributed by atoms with van der Waals surface area (Å²) in [4.78, 5) is 2.51. The number of benzene rings is 11. The van der Waals surface area contributed by atoms with Crippen LogP contribution in [0.5, 0.6) is 11.5 Å². The maximum atomic E-state index is 5.77. The molecule has 6 heteroatoms. The molecule has 0 spiro atoms. The average molecular weight is 1140 g/mol. The lowest BCUT2D eigenvalue weighted by atomic mass is 9.88. The Balaban J connectivity index is 0.000000133. The summed E-state index contributed by atoms with van der Waals surface area (Å²) in [5, 5.41) is 12.0. The number of aryl methyl sites for hydroxylation is 4. The fourth-order valence-corrected chi connectivity index (χ4v) is 15.3. The molecule has 0 amide bonds. The first-order valence-electron chi connectivity index (χ1n) is 25.9. The van der Waals surface area contributed by atoms with Crippen molar-refractivity contribution in [1.29, 1.82) is 0 Å². The highest BCUT2D eigenvalue weighted by atomic mass is 79.9. The summed E-state index contributed by atoms with van der Waals surface area (Å²) < 4.78 is 14.0. The van der Waals surface area contributed by atoms with Crippen LogP contribution >= 0.6 is 39.8 Å². The van der Waals surface area contributed by atoms with E-state index in [-0.39, 0.29) is 5.16 Å². The third-order valence-electron chi connectivity index (χ3n) is 14.4. The number of halogens is 2. The lowest BCUT2D eigenvalue weighted by molar-refractivity contribution is 0.397. The van der Waals surface area contributed by atoms with Crippen molar-refractivity contribution in [3.8, 4) is 33.8 Å². The van der Waals surface area contributed by atoms with Gasteiger partial charge in [-0.2, -0.15) is 0 Å². The zero-order valence-electron chi connectivity index (χ0n) is 45.3. The van der Waals surface area contributed by atoms with Crippen molar-refractivity contribution in [2.75, 3.05) is 19.1 Å². The van der Waals surface area contributed by atoms with Gasteiger partial charge in [0.1, 0.15) is 11.5 Å². The first kappa shape index (κ1) is 54.1. The highest BCUT2D eigenvalue weighted by molar-refractivity contribution is 9.11. The molecule has 0 aliphatic carbocycles. The van der Waals surface area contributed by atoms with Crippen LogP contribution in [0.3, 0.4) is 0 Å². The Labute approximate surface area is 468 Å². The number of methoxy groups -OCH3 is 2. The molecule has 0 radical (unpaired) electrons. The van der Waals surface area contributed by atoms with E-state index in [1.165, 1.54) is 108 Å². The number of para-hydroxylation sites is 1. The molecule has 3 nitrogen and oxygen atoms in total. The van der Waals surface area contributed by atoms with Gasteiger partial charge < -0.3 is 14.4 Å². The first-order chi connectivity index (χ1) is 36.7. The molecule has 76 heavy (non-hydrogen) atoms. The molecular formula is C70H66Br2NO2P. The molecule has 2 atom stereocenters. The number of nitrogens with zero attached hydrogens (tertiary/aromatic N) is 1. The molecule has 12 rings (SSSR count). The van der Waals surface area contributed by atoms with E-state index in [2.05, 4.69) is 286 Å². The molecule has 11 aromatic rings. The molecule has 0 N–H and O–H groups in total. The normalized spacial score (nSPS) is 13.8. The van der Waals surface area contributed by atoms with Crippen molar-refractivity contribution in [1.82, 2.24) is 0 Å². The highest BCUT2D eigenvalue weighted by Gasteiger charge is 2.44. The second kappa shape index (κ2) is 23.6. The summed E-state index contributed by atoms with van der Waals surface area (Å²) in [6.07, 6.45) is 0. The van der Waals surface area contributed by atoms with Gasteiger partial charge in [0, 0.05) is 19.9 Å². The van der Waals surface area contributed by atoms with Crippen LogP contribution in [-0.4, -0.2) is 25.2 Å². The van der Waals surface area contributed by atoms with E-state index in [1.54, 1.807) is 14.2 Å². The van der Waals surface area contributed by atoms with E-state index in [0.717, 1.165) is 17.1 Å². The van der Waals surface area contributed by atoms with Crippen molar-refractivity contribution in [3.63, 3.8) is 0 Å². The summed E-state index contributed by atoms with van der Waals surface area (Å²) in [6.45, 7) is 18.1. The van der Waals surface area contributed by atoms with Gasteiger partial charge in [-0.3, -0.25) is 0 Å². The zero-order chi connectivity index (χ0) is 53.7. The number of ether oxygens (including phenoxy) is 2. The molecular weight excluding hydrogens is 1080 g/mol. The third kappa shape index (κ3) is 11.1. The fourth-order valence-electron chi connectivity index (χ4n) is 10.8. The highest BCUT2D eigenvalue weighted by Crippen LogP contribution is 2.63. The number of fused-ring (bicyclic) bond motifs is 5. The summed E-state index contributed by atoms with van der Waals surface area (Å²) in [5.74, 6) is 2.08. The van der Waals surface area contributed by atoms with Crippen LogP contribution in [0.4, 0.5) is 11.4 Å². The van der Waals surface area contributed by atoms with E-state index in [9.17, 15) is 0 Å². The van der Waals surface area contributed by atoms with Gasteiger partial charge in [0.2, 0.25) is 0 Å². The topological polar surface area (TPSA) is 21.7 Å². The molecule has 0 fully saturated rings. The Morgan fingerprint density at radius 3 is 1.22 bits per heavy atom. The lowest BCUT2D eigenvalue weighted by Crippen LogP contribution is -2.27. The van der Waals surface area contributed by atoms with Crippen LogP contribution in [0.2, 0.25) is 0 Å². The van der Waals surface area contributed by atoms with Gasteiger partial charge in [0.15, 0.2) is 0 Å². The van der Waals surface area contributed by atoms with Gasteiger partial charge in [0.25, 0.3) is 0 Å². The Kier molecular flexibility index (Phi) is 16.8. The molecule has 0 unspecified atom stereocenters. The van der Waals surface area contributed by atoms with Gasteiger partial charge in [-0.15, -0.1) is 0 Å². The molecule has 0 bridgehead atoms. The Morgan fingerprint density at radius 2 is 0.789 bits per heavy atom. The van der Waals surface area contributed by atoms with Crippen molar-refractivity contribution in [2.45, 2.75) is 66.3 Å². The van der Waals surface area contributed by atoms with E-state index >= 15 is 0 Å². The van der Waals surface area contributed by atoms with Crippen LogP contribution in [0, 0.1) is 27.7 Å². The predicted octanol–water partition coefficient (Wildman–Crippen LogP) is 20.9. The molecule has 1 aliphatic heterocycles. The van der Waals surface area contributed by atoms with Gasteiger partial charge in [-0.05, 0) is 192 Å². The second-order valence-corrected chi connectivity index (χ2v) is 25.2. The number of rotatable bonds is 5. The average Bonchev–Trinajstić information content (AvgIpc) is 3.86. The molecule has 382 valence electrons. The lowest BCUT2D eigenvalue weighted by Gasteiger charge is -2.35. The van der Waals surface area contributed by atoms with E-state index < -0.39 is 7.92 Å². The molecule has 1 aliphatic rings. The number of hydrogen-bond donors (Lipinski definition) is 0. The summed E-state index contributed by atoms with van der Waals surface area (Å²) in [5.41, 5.74) is 12.8. The minimum absolute atomic E-state index is 0.151. The minimum Gasteiger partial charge on any atom is -0.496 e. The van der Waals surface area contributed by atoms with Crippen LogP contribution < -0.4 is 19.7 Å². The van der Waals surface area contributed by atoms with Gasteiger partial charge in [0.05, 0.1) is 31.3 Å². The largest absolute Gasteiger partial charge is 0.496 e. The van der Waals surface area contributed by atoms with Crippen molar-refractivity contribution in [2.24, 2.45) is 0 Å². The summed E-state index contributed by atoms with van der Waals surface area (Å²) >= 11 is 7.16. The van der Waals surface area contributed by atoms with Gasteiger partial charge >= 0.3 is 0 Å². The smallest absolute Gasteiger partial charge is 0.130 e. The second-order valence-electron chi connectivity index (χ2n) is 20.4. The fraction of sp³-hybridized carbons (Fsp3) is 0.171. The Hall–Kier alpha value is -6.75. The Morgan fingerprint density at radius 1 is 0.408 bits per heavy atom. The summed E-state index contributed by atoms with van der Waals surface area (Å²) in [6, 6.07) is 74.9. The van der Waals surface area contributed by atoms with Crippen LogP contribution in [0.1, 0.15) is 49.9 Å². The van der Waals surface area contributed by atoms with Gasteiger partial charge in [-0.25, -0.2) is 0 Å². The quantitative estimate of drug-likeness (QED) is 0.160. The van der Waals surface area contributed by atoms with E-state index in [0.29, 0.717) is 5.78 Å². The predicted molar refractivity (Wildman–Crippen MR) is 338 cm³/mol. The summed E-state index contributed by atoms with van der Waals surface area (Å²) in [7, 11) is 2.97. The first-order valence-corrected chi connectivity index (χ1v) is 28.9. The number of hydrogen-bond acceptors (Lipinski definition) is 3. The van der Waals surface area contributed by atoms with Crippen LogP contribution in [0.25, 0.3) is 65.3 Å². The zero-order valence-corrected chi connectivity index (χ0v) is 49.3. The molecule has 0 aromatic heterocycles. The monoisotopic (exact) mass is 1140 g/mol. The SMILES string of the molecule is COc1cccc(OC)c1-c1cccc2c1[P@@](C(C)(C)C)[C@@H](C)N2c1ccccc1.Cc1ccc2ccccc2c1-c1c(C)ccc2ccccc12.Cc1ccc2ccccc2c1Br.Cc1ccc2ccccc2c1Br. The van der Waals surface area contributed by atoms with E-state index in [1.807, 2.05) is 18.2 Å². The number of anilines is 2. The van der Waals surface area contributed by atoms with Crippen molar-refractivity contribution in [3.05, 3.63) is 244 Å². The van der Waals surface area contributed by atoms with Crippen LogP contribution in [-0.2, 0) is 0 Å². The molecule has 0 saturated heterocycles. The maximum absolute atomic E-state index is 5.77.